The van der Waals surface area contributed by atoms with Gasteiger partial charge >= 0.3 is 11.9 Å². The third-order valence-electron chi connectivity index (χ3n) is 4.67. The van der Waals surface area contributed by atoms with Crippen molar-refractivity contribution in [3.63, 3.8) is 0 Å². The molecule has 0 fully saturated rings. The quantitative estimate of drug-likeness (QED) is 0.551. The first kappa shape index (κ1) is 23.1. The molecule has 0 heterocycles. The Bertz CT molecular complexity index is 820. The molecule has 0 radical (unpaired) electrons. The average Bonchev–Trinajstić information content (AvgIpc) is 2.72. The van der Waals surface area contributed by atoms with Gasteiger partial charge in [0.05, 0.1) is 12.3 Å². The van der Waals surface area contributed by atoms with Crippen molar-refractivity contribution in [2.45, 2.75) is 45.8 Å². The molecule has 2 atom stereocenters. The van der Waals surface area contributed by atoms with Gasteiger partial charge in [-0.1, -0.05) is 74.5 Å². The molecular weight excluding hydrogens is 382 g/mol. The third kappa shape index (κ3) is 8.07. The highest BCUT2D eigenvalue weighted by atomic mass is 16.5. The van der Waals surface area contributed by atoms with Crippen LogP contribution < -0.4 is 5.32 Å². The summed E-state index contributed by atoms with van der Waals surface area (Å²) in [5, 5.41) is 12.0. The van der Waals surface area contributed by atoms with E-state index in [4.69, 9.17) is 4.74 Å². The van der Waals surface area contributed by atoms with Crippen LogP contribution >= 0.6 is 0 Å². The molecule has 2 aromatic rings. The van der Waals surface area contributed by atoms with Crippen molar-refractivity contribution >= 4 is 17.8 Å². The summed E-state index contributed by atoms with van der Waals surface area (Å²) in [4.78, 5) is 36.8. The number of hydrogen-bond donors (Lipinski definition) is 2. The minimum absolute atomic E-state index is 0.106. The fourth-order valence-electron chi connectivity index (χ4n) is 3.14. The molecule has 1 amide bonds. The topological polar surface area (TPSA) is 92.7 Å². The second-order valence-corrected chi connectivity index (χ2v) is 7.77. The van der Waals surface area contributed by atoms with Crippen molar-refractivity contribution in [1.29, 1.82) is 0 Å². The van der Waals surface area contributed by atoms with E-state index in [1.807, 2.05) is 74.5 Å². The molecule has 0 aliphatic carbocycles. The van der Waals surface area contributed by atoms with Crippen molar-refractivity contribution in [3.8, 4) is 0 Å². The second-order valence-electron chi connectivity index (χ2n) is 7.77. The molecule has 0 aromatic heterocycles. The molecule has 0 unspecified atom stereocenters. The molecule has 0 saturated carbocycles. The van der Waals surface area contributed by atoms with E-state index in [1.165, 1.54) is 0 Å². The Hall–Kier alpha value is -3.15. The van der Waals surface area contributed by atoms with E-state index >= 15 is 0 Å². The molecule has 0 bridgehead atoms. The van der Waals surface area contributed by atoms with Gasteiger partial charge in [0.15, 0.2) is 0 Å². The second kappa shape index (κ2) is 11.8. The molecule has 160 valence electrons. The van der Waals surface area contributed by atoms with Gasteiger partial charge in [0.2, 0.25) is 5.91 Å². The van der Waals surface area contributed by atoms with Crippen LogP contribution in [-0.2, 0) is 32.1 Å². The number of ether oxygens (including phenoxy) is 1. The van der Waals surface area contributed by atoms with Crippen LogP contribution in [0.4, 0.5) is 0 Å². The summed E-state index contributed by atoms with van der Waals surface area (Å²) in [7, 11) is 0. The SMILES string of the molecule is CC(C)C[C@@H](NC(=O)[C@H](CC(=O)OCc1ccccc1)Cc1ccccc1)C(=O)O. The number of esters is 1. The minimum Gasteiger partial charge on any atom is -0.480 e. The molecule has 6 heteroatoms. The number of carbonyl (C=O) groups excluding carboxylic acids is 2. The Morgan fingerprint density at radius 2 is 1.50 bits per heavy atom. The number of amides is 1. The van der Waals surface area contributed by atoms with Crippen molar-refractivity contribution in [2.75, 3.05) is 0 Å². The van der Waals surface area contributed by atoms with Crippen molar-refractivity contribution < 1.29 is 24.2 Å². The lowest BCUT2D eigenvalue weighted by Crippen LogP contribution is -2.45. The van der Waals surface area contributed by atoms with Gasteiger partial charge < -0.3 is 15.2 Å². The van der Waals surface area contributed by atoms with E-state index in [0.717, 1.165) is 11.1 Å². The number of hydrogen-bond acceptors (Lipinski definition) is 4. The molecule has 6 nitrogen and oxygen atoms in total. The molecule has 0 aliphatic heterocycles. The van der Waals surface area contributed by atoms with Crippen LogP contribution in [-0.4, -0.2) is 29.0 Å². The van der Waals surface area contributed by atoms with Crippen LogP contribution in [0.1, 0.15) is 37.8 Å². The first-order valence-electron chi connectivity index (χ1n) is 10.1. The number of rotatable bonds is 11. The van der Waals surface area contributed by atoms with Gasteiger partial charge in [-0.15, -0.1) is 0 Å². The zero-order valence-electron chi connectivity index (χ0n) is 17.4. The molecule has 0 spiro atoms. The molecule has 30 heavy (non-hydrogen) atoms. The molecular formula is C24H29NO5. The number of carboxylic acid groups (broad SMARTS) is 1. The fraction of sp³-hybridized carbons (Fsp3) is 0.375. The van der Waals surface area contributed by atoms with Crippen LogP contribution in [0.25, 0.3) is 0 Å². The Kier molecular flexibility index (Phi) is 9.06. The smallest absolute Gasteiger partial charge is 0.326 e. The number of carboxylic acids is 1. The van der Waals surface area contributed by atoms with E-state index in [0.29, 0.717) is 12.8 Å². The monoisotopic (exact) mass is 411 g/mol. The molecule has 2 aromatic carbocycles. The summed E-state index contributed by atoms with van der Waals surface area (Å²) >= 11 is 0. The van der Waals surface area contributed by atoms with Crippen molar-refractivity contribution in [1.82, 2.24) is 5.32 Å². The van der Waals surface area contributed by atoms with Gasteiger partial charge in [-0.05, 0) is 29.9 Å². The zero-order valence-corrected chi connectivity index (χ0v) is 17.4. The fourth-order valence-corrected chi connectivity index (χ4v) is 3.14. The minimum atomic E-state index is -1.08. The lowest BCUT2D eigenvalue weighted by atomic mass is 9.94. The van der Waals surface area contributed by atoms with E-state index < -0.39 is 29.8 Å². The number of aliphatic carboxylic acids is 1. The summed E-state index contributed by atoms with van der Waals surface area (Å²) in [6, 6.07) is 17.6. The van der Waals surface area contributed by atoms with Crippen LogP contribution in [0.2, 0.25) is 0 Å². The Balaban J connectivity index is 2.06. The summed E-state index contributed by atoms with van der Waals surface area (Å²) in [5.74, 6) is -2.64. The summed E-state index contributed by atoms with van der Waals surface area (Å²) in [6.07, 6.45) is 0.514. The summed E-state index contributed by atoms with van der Waals surface area (Å²) in [6.45, 7) is 3.92. The van der Waals surface area contributed by atoms with E-state index in [-0.39, 0.29) is 18.9 Å². The van der Waals surface area contributed by atoms with Gasteiger partial charge in [-0.3, -0.25) is 9.59 Å². The predicted molar refractivity (Wildman–Crippen MR) is 114 cm³/mol. The zero-order chi connectivity index (χ0) is 21.9. The molecule has 0 aliphatic rings. The number of benzene rings is 2. The molecule has 2 N–H and O–H groups in total. The van der Waals surface area contributed by atoms with Gasteiger partial charge in [0, 0.05) is 0 Å². The highest BCUT2D eigenvalue weighted by molar-refractivity contribution is 5.87. The predicted octanol–water partition coefficient (Wildman–Crippen LogP) is 3.59. The third-order valence-corrected chi connectivity index (χ3v) is 4.67. The Morgan fingerprint density at radius 3 is 2.03 bits per heavy atom. The number of nitrogens with one attached hydrogen (secondary N) is 1. The lowest BCUT2D eigenvalue weighted by molar-refractivity contribution is -0.148. The van der Waals surface area contributed by atoms with Gasteiger partial charge in [0.25, 0.3) is 0 Å². The van der Waals surface area contributed by atoms with Gasteiger partial charge in [-0.25, -0.2) is 4.79 Å². The standard InChI is InChI=1S/C24H29NO5/c1-17(2)13-21(24(28)29)25-23(27)20(14-18-9-5-3-6-10-18)15-22(26)30-16-19-11-7-4-8-12-19/h3-12,17,20-21H,13-16H2,1-2H3,(H,25,27)(H,28,29)/t20-,21+/m0/s1. The van der Waals surface area contributed by atoms with Crippen molar-refractivity contribution in [3.05, 3.63) is 71.8 Å². The lowest BCUT2D eigenvalue weighted by Gasteiger charge is -2.21. The maximum Gasteiger partial charge on any atom is 0.326 e. The van der Waals surface area contributed by atoms with Gasteiger partial charge in [0.1, 0.15) is 12.6 Å². The van der Waals surface area contributed by atoms with Crippen LogP contribution in [0.3, 0.4) is 0 Å². The number of carbonyl (C=O) groups is 3. The average molecular weight is 411 g/mol. The van der Waals surface area contributed by atoms with E-state index in [2.05, 4.69) is 5.32 Å². The van der Waals surface area contributed by atoms with Crippen LogP contribution in [0.15, 0.2) is 60.7 Å². The van der Waals surface area contributed by atoms with E-state index in [9.17, 15) is 19.5 Å². The first-order valence-corrected chi connectivity index (χ1v) is 10.1. The Labute approximate surface area is 177 Å². The maximum absolute atomic E-state index is 12.9. The molecule has 0 saturated heterocycles. The maximum atomic E-state index is 12.9. The molecule has 2 rings (SSSR count). The normalized spacial score (nSPS) is 12.8. The van der Waals surface area contributed by atoms with Crippen molar-refractivity contribution in [2.24, 2.45) is 11.8 Å². The van der Waals surface area contributed by atoms with Crippen LogP contribution in [0.5, 0.6) is 0 Å². The first-order chi connectivity index (χ1) is 14.3. The largest absolute Gasteiger partial charge is 0.480 e. The summed E-state index contributed by atoms with van der Waals surface area (Å²) in [5.41, 5.74) is 1.75. The van der Waals surface area contributed by atoms with Gasteiger partial charge in [-0.2, -0.15) is 0 Å². The highest BCUT2D eigenvalue weighted by Crippen LogP contribution is 2.16. The van der Waals surface area contributed by atoms with E-state index in [1.54, 1.807) is 0 Å². The highest BCUT2D eigenvalue weighted by Gasteiger charge is 2.28. The Morgan fingerprint density at radius 1 is 0.933 bits per heavy atom. The van der Waals surface area contributed by atoms with Crippen LogP contribution in [0, 0.1) is 11.8 Å². The summed E-state index contributed by atoms with van der Waals surface area (Å²) < 4.78 is 5.33.